The molecule has 0 spiro atoms. The first-order valence-electron chi connectivity index (χ1n) is 5.34. The SMILES string of the molecule is [O-]N(O)c1ccc2nc(NC3=NCCN3)sc2c1. The maximum Gasteiger partial charge on any atom is 0.197 e. The highest BCUT2D eigenvalue weighted by Gasteiger charge is 2.09. The number of anilines is 2. The van der Waals surface area contributed by atoms with Crippen LogP contribution in [0.1, 0.15) is 0 Å². The zero-order valence-corrected chi connectivity index (χ0v) is 10.1. The number of nitrogens with one attached hydrogen (secondary N) is 2. The molecule has 0 amide bonds. The van der Waals surface area contributed by atoms with E-state index in [4.69, 9.17) is 5.21 Å². The van der Waals surface area contributed by atoms with Gasteiger partial charge in [-0.05, 0) is 18.2 Å². The smallest absolute Gasteiger partial charge is 0.197 e. The Hall–Kier alpha value is -1.90. The van der Waals surface area contributed by atoms with Gasteiger partial charge in [-0.1, -0.05) is 11.3 Å². The third-order valence-electron chi connectivity index (χ3n) is 2.49. The molecule has 3 N–H and O–H groups in total. The predicted octanol–water partition coefficient (Wildman–Crippen LogP) is 1.36. The van der Waals surface area contributed by atoms with Gasteiger partial charge in [-0.3, -0.25) is 10.2 Å². The van der Waals surface area contributed by atoms with E-state index in [-0.39, 0.29) is 10.9 Å². The second-order valence-corrected chi connectivity index (χ2v) is 4.76. The quantitative estimate of drug-likeness (QED) is 0.709. The number of hydrogen-bond acceptors (Lipinski definition) is 8. The Bertz CT molecular complexity index is 609. The summed E-state index contributed by atoms with van der Waals surface area (Å²) in [6, 6.07) is 4.80. The van der Waals surface area contributed by atoms with Crippen molar-refractivity contribution >= 4 is 38.3 Å². The van der Waals surface area contributed by atoms with E-state index in [1.54, 1.807) is 12.1 Å². The summed E-state index contributed by atoms with van der Waals surface area (Å²) in [5.41, 5.74) is 0.959. The Kier molecular flexibility index (Phi) is 2.74. The number of thiazole rings is 1. The summed E-state index contributed by atoms with van der Waals surface area (Å²) < 4.78 is 0.823. The fraction of sp³-hybridized carbons (Fsp3) is 0.200. The molecule has 0 aliphatic carbocycles. The van der Waals surface area contributed by atoms with Crippen molar-refractivity contribution in [3.8, 4) is 0 Å². The molecule has 0 bridgehead atoms. The van der Waals surface area contributed by atoms with Gasteiger partial charge in [0.2, 0.25) is 0 Å². The Labute approximate surface area is 106 Å². The Balaban J connectivity index is 1.90. The zero-order valence-electron chi connectivity index (χ0n) is 9.25. The molecule has 0 radical (unpaired) electrons. The highest BCUT2D eigenvalue weighted by Crippen LogP contribution is 2.29. The molecule has 0 fully saturated rings. The summed E-state index contributed by atoms with van der Waals surface area (Å²) in [6.07, 6.45) is 0. The molecule has 8 heteroatoms. The van der Waals surface area contributed by atoms with Gasteiger partial charge in [0, 0.05) is 6.54 Å². The van der Waals surface area contributed by atoms with Crippen LogP contribution in [0.2, 0.25) is 0 Å². The molecule has 2 heterocycles. The maximum atomic E-state index is 10.8. The fourth-order valence-electron chi connectivity index (χ4n) is 1.67. The highest BCUT2D eigenvalue weighted by molar-refractivity contribution is 7.22. The molecule has 94 valence electrons. The van der Waals surface area contributed by atoms with Gasteiger partial charge in [0.15, 0.2) is 11.1 Å². The van der Waals surface area contributed by atoms with Crippen LogP contribution in [0.15, 0.2) is 23.2 Å². The van der Waals surface area contributed by atoms with E-state index < -0.39 is 0 Å². The Morgan fingerprint density at radius 1 is 1.50 bits per heavy atom. The van der Waals surface area contributed by atoms with Crippen molar-refractivity contribution < 1.29 is 5.21 Å². The molecule has 7 nitrogen and oxygen atoms in total. The molecule has 0 unspecified atom stereocenters. The Morgan fingerprint density at radius 2 is 2.39 bits per heavy atom. The van der Waals surface area contributed by atoms with Crippen LogP contribution in [0.4, 0.5) is 10.8 Å². The topological polar surface area (TPSA) is 95.8 Å². The molecule has 1 aliphatic heterocycles. The van der Waals surface area contributed by atoms with Crippen molar-refractivity contribution in [2.75, 3.05) is 23.6 Å². The van der Waals surface area contributed by atoms with Gasteiger partial charge in [0.1, 0.15) is 0 Å². The van der Waals surface area contributed by atoms with E-state index in [0.29, 0.717) is 11.1 Å². The van der Waals surface area contributed by atoms with Gasteiger partial charge in [0.25, 0.3) is 0 Å². The van der Waals surface area contributed by atoms with E-state index in [9.17, 15) is 5.21 Å². The number of aromatic nitrogens is 1. The molecule has 0 saturated heterocycles. The van der Waals surface area contributed by atoms with Gasteiger partial charge < -0.3 is 21.1 Å². The van der Waals surface area contributed by atoms with E-state index in [1.807, 2.05) is 0 Å². The zero-order chi connectivity index (χ0) is 12.5. The number of rotatable bonds is 2. The average molecular weight is 264 g/mol. The number of fused-ring (bicyclic) bond motifs is 1. The minimum absolute atomic E-state index is 0.158. The third-order valence-corrected chi connectivity index (χ3v) is 3.43. The maximum absolute atomic E-state index is 10.8. The lowest BCUT2D eigenvalue weighted by atomic mass is 10.3. The van der Waals surface area contributed by atoms with E-state index >= 15 is 0 Å². The first kappa shape index (κ1) is 11.2. The monoisotopic (exact) mass is 264 g/mol. The second-order valence-electron chi connectivity index (χ2n) is 3.73. The van der Waals surface area contributed by atoms with Crippen LogP contribution >= 0.6 is 11.3 Å². The number of nitrogens with zero attached hydrogens (tertiary/aromatic N) is 3. The highest BCUT2D eigenvalue weighted by atomic mass is 32.1. The van der Waals surface area contributed by atoms with Crippen LogP contribution in [0.5, 0.6) is 0 Å². The van der Waals surface area contributed by atoms with Crippen molar-refractivity contribution in [1.29, 1.82) is 0 Å². The molecular formula is C10H10N5O2S-. The molecule has 2 aromatic rings. The van der Waals surface area contributed by atoms with Gasteiger partial charge in [0.05, 0.1) is 22.4 Å². The van der Waals surface area contributed by atoms with E-state index in [1.165, 1.54) is 17.4 Å². The molecular weight excluding hydrogens is 254 g/mol. The Morgan fingerprint density at radius 3 is 3.11 bits per heavy atom. The van der Waals surface area contributed by atoms with Crippen LogP contribution in [0.3, 0.4) is 0 Å². The van der Waals surface area contributed by atoms with Crippen LogP contribution in [-0.4, -0.2) is 29.2 Å². The standard InChI is InChI=1S/C10H10N5O2S/c16-15(17)6-1-2-7-8(5-6)18-10(13-7)14-9-11-3-4-12-9/h1-2,5,16H,3-4H2,(H2,11,12,13,14)/q-1. The minimum Gasteiger partial charge on any atom is -0.733 e. The summed E-state index contributed by atoms with van der Waals surface area (Å²) >= 11 is 1.40. The average Bonchev–Trinajstić information content (AvgIpc) is 2.96. The number of guanidine groups is 1. The fourth-order valence-corrected chi connectivity index (χ4v) is 2.57. The van der Waals surface area contributed by atoms with Crippen LogP contribution < -0.4 is 15.9 Å². The minimum atomic E-state index is -0.158. The molecule has 1 aromatic heterocycles. The van der Waals surface area contributed by atoms with Crippen molar-refractivity contribution in [3.63, 3.8) is 0 Å². The first-order valence-corrected chi connectivity index (χ1v) is 6.16. The number of benzene rings is 1. The normalized spacial score (nSPS) is 14.4. The number of hydrogen-bond donors (Lipinski definition) is 3. The number of aliphatic imine (C=N–C) groups is 1. The van der Waals surface area contributed by atoms with Crippen molar-refractivity contribution in [1.82, 2.24) is 10.3 Å². The van der Waals surface area contributed by atoms with Crippen molar-refractivity contribution in [2.45, 2.75) is 0 Å². The molecule has 1 aliphatic rings. The molecule has 0 saturated carbocycles. The second kappa shape index (κ2) is 4.41. The summed E-state index contributed by atoms with van der Waals surface area (Å²) in [7, 11) is 0. The van der Waals surface area contributed by atoms with Gasteiger partial charge >= 0.3 is 0 Å². The lowest BCUT2D eigenvalue weighted by Crippen LogP contribution is -2.25. The van der Waals surface area contributed by atoms with Gasteiger partial charge in [-0.25, -0.2) is 4.98 Å². The summed E-state index contributed by atoms with van der Waals surface area (Å²) in [5, 5.41) is 26.3. The van der Waals surface area contributed by atoms with Crippen LogP contribution in [-0.2, 0) is 0 Å². The van der Waals surface area contributed by atoms with Crippen molar-refractivity contribution in [3.05, 3.63) is 23.4 Å². The third kappa shape index (κ3) is 2.08. The van der Waals surface area contributed by atoms with E-state index in [2.05, 4.69) is 20.6 Å². The molecule has 18 heavy (non-hydrogen) atoms. The first-order chi connectivity index (χ1) is 8.72. The summed E-state index contributed by atoms with van der Waals surface area (Å²) in [4.78, 5) is 8.57. The lowest BCUT2D eigenvalue weighted by molar-refractivity contribution is 0.296. The van der Waals surface area contributed by atoms with Crippen LogP contribution in [0, 0.1) is 5.21 Å². The molecule has 0 atom stereocenters. The van der Waals surface area contributed by atoms with E-state index in [0.717, 1.165) is 23.3 Å². The lowest BCUT2D eigenvalue weighted by Gasteiger charge is -2.20. The van der Waals surface area contributed by atoms with Gasteiger partial charge in [-0.15, -0.1) is 0 Å². The summed E-state index contributed by atoms with van der Waals surface area (Å²) in [6.45, 7) is 1.58. The molecule has 1 aromatic carbocycles. The van der Waals surface area contributed by atoms with Crippen LogP contribution in [0.25, 0.3) is 10.2 Å². The van der Waals surface area contributed by atoms with Crippen molar-refractivity contribution in [2.24, 2.45) is 4.99 Å². The molecule has 3 rings (SSSR count). The summed E-state index contributed by atoms with van der Waals surface area (Å²) in [5.74, 6) is 0.710. The largest absolute Gasteiger partial charge is 0.733 e. The van der Waals surface area contributed by atoms with Gasteiger partial charge in [-0.2, -0.15) is 0 Å². The predicted molar refractivity (Wildman–Crippen MR) is 71.2 cm³/mol.